The standard InChI is InChI=1S/C13H10N4O4/c14-12(9-4-3-7-15-8-9)16-21-13(18)10-5-1-2-6-11(10)17(19)20/h1-8H,(H2,14,16)/p+1. The first-order valence-electron chi connectivity index (χ1n) is 5.84. The van der Waals surface area contributed by atoms with Crippen LogP contribution in [0, 0.1) is 10.1 Å². The Kier molecular flexibility index (Phi) is 4.20. The second-order valence-electron chi connectivity index (χ2n) is 3.92. The first-order chi connectivity index (χ1) is 10.1. The van der Waals surface area contributed by atoms with E-state index in [4.69, 9.17) is 5.73 Å². The van der Waals surface area contributed by atoms with Crippen LogP contribution in [-0.2, 0) is 4.84 Å². The summed E-state index contributed by atoms with van der Waals surface area (Å²) < 4.78 is 0. The van der Waals surface area contributed by atoms with Crippen molar-refractivity contribution in [2.24, 2.45) is 10.9 Å². The van der Waals surface area contributed by atoms with Crippen LogP contribution in [0.3, 0.4) is 0 Å². The van der Waals surface area contributed by atoms with Gasteiger partial charge in [0.05, 0.1) is 10.5 Å². The van der Waals surface area contributed by atoms with E-state index in [1.54, 1.807) is 24.5 Å². The van der Waals surface area contributed by atoms with Gasteiger partial charge in [-0.05, 0) is 12.1 Å². The second-order valence-corrected chi connectivity index (χ2v) is 3.92. The number of benzene rings is 1. The number of carbonyl (C=O) groups is 1. The highest BCUT2D eigenvalue weighted by Gasteiger charge is 2.21. The molecule has 1 aromatic carbocycles. The molecule has 8 heteroatoms. The van der Waals surface area contributed by atoms with Gasteiger partial charge in [-0.1, -0.05) is 17.3 Å². The lowest BCUT2D eigenvalue weighted by molar-refractivity contribution is -0.385. The largest absolute Gasteiger partial charge is 0.380 e. The molecule has 1 aromatic heterocycles. The van der Waals surface area contributed by atoms with Crippen LogP contribution in [0.15, 0.2) is 53.9 Å². The van der Waals surface area contributed by atoms with Crippen molar-refractivity contribution in [1.29, 1.82) is 0 Å². The van der Waals surface area contributed by atoms with Crippen molar-refractivity contribution in [1.82, 2.24) is 0 Å². The molecule has 0 spiro atoms. The first kappa shape index (κ1) is 14.1. The van der Waals surface area contributed by atoms with Crippen LogP contribution in [0.2, 0.25) is 0 Å². The summed E-state index contributed by atoms with van der Waals surface area (Å²) in [5.74, 6) is -0.982. The van der Waals surface area contributed by atoms with Crippen LogP contribution in [0.4, 0.5) is 5.69 Å². The molecule has 0 bridgehead atoms. The van der Waals surface area contributed by atoms with Crippen LogP contribution in [0.25, 0.3) is 0 Å². The van der Waals surface area contributed by atoms with Crippen molar-refractivity contribution < 1.29 is 19.5 Å². The van der Waals surface area contributed by atoms with Crippen molar-refractivity contribution in [3.63, 3.8) is 0 Å². The lowest BCUT2D eigenvalue weighted by Gasteiger charge is -2.00. The summed E-state index contributed by atoms with van der Waals surface area (Å²) in [6.45, 7) is 0. The Labute approximate surface area is 119 Å². The van der Waals surface area contributed by atoms with E-state index >= 15 is 0 Å². The third-order valence-corrected chi connectivity index (χ3v) is 2.55. The number of hydrogen-bond donors (Lipinski definition) is 1. The Hall–Kier alpha value is -3.29. The minimum atomic E-state index is -0.954. The van der Waals surface area contributed by atoms with Gasteiger partial charge in [-0.3, -0.25) is 10.1 Å². The van der Waals surface area contributed by atoms with E-state index in [0.717, 1.165) is 0 Å². The molecular formula is C13H11N4O4+. The predicted molar refractivity (Wildman–Crippen MR) is 72.2 cm³/mol. The molecule has 3 N–H and O–H groups in total. The third kappa shape index (κ3) is 3.38. The molecule has 0 aliphatic rings. The number of rotatable bonds is 4. The normalized spacial score (nSPS) is 11.0. The number of H-pyrrole nitrogens is 1. The van der Waals surface area contributed by atoms with Crippen LogP contribution in [0.1, 0.15) is 15.9 Å². The van der Waals surface area contributed by atoms with Gasteiger partial charge in [0.25, 0.3) is 5.69 Å². The molecule has 0 saturated carbocycles. The van der Waals surface area contributed by atoms with Gasteiger partial charge in [0.15, 0.2) is 18.2 Å². The zero-order valence-electron chi connectivity index (χ0n) is 10.7. The number of aromatic amines is 1. The predicted octanol–water partition coefficient (Wildman–Crippen LogP) is 0.886. The monoisotopic (exact) mass is 287 g/mol. The van der Waals surface area contributed by atoms with Gasteiger partial charge in [-0.2, -0.15) is 0 Å². The number of nitrogens with two attached hydrogens (primary N) is 1. The summed E-state index contributed by atoms with van der Waals surface area (Å²) in [6.07, 6.45) is 3.24. The number of nitro groups is 1. The Morgan fingerprint density at radius 1 is 1.29 bits per heavy atom. The van der Waals surface area contributed by atoms with Crippen LogP contribution in [-0.4, -0.2) is 16.7 Å². The summed E-state index contributed by atoms with van der Waals surface area (Å²) >= 11 is 0. The van der Waals surface area contributed by atoms with Crippen LogP contribution < -0.4 is 10.7 Å². The molecular weight excluding hydrogens is 276 g/mol. The average molecular weight is 287 g/mol. The van der Waals surface area contributed by atoms with Gasteiger partial charge in [0.2, 0.25) is 0 Å². The second kappa shape index (κ2) is 6.24. The minimum absolute atomic E-state index is 0.0289. The Balaban J connectivity index is 2.18. The molecule has 0 saturated heterocycles. The number of oxime groups is 1. The average Bonchev–Trinajstić information content (AvgIpc) is 2.53. The number of para-hydroxylation sites is 1. The fourth-order valence-electron chi connectivity index (χ4n) is 1.55. The molecule has 2 rings (SSSR count). The molecule has 0 fully saturated rings. The van der Waals surface area contributed by atoms with Crippen molar-refractivity contribution in [3.8, 4) is 0 Å². The molecule has 0 amide bonds. The summed E-state index contributed by atoms with van der Waals surface area (Å²) in [4.78, 5) is 29.4. The molecule has 0 radical (unpaired) electrons. The fraction of sp³-hybridized carbons (Fsp3) is 0. The maximum atomic E-state index is 11.8. The number of carbonyl (C=O) groups excluding carboxylic acids is 1. The van der Waals surface area contributed by atoms with Crippen molar-refractivity contribution in [2.45, 2.75) is 0 Å². The SMILES string of the molecule is NC(=NOC(=O)c1ccccc1[N+](=O)[O-])c1ccc[nH+]c1. The van der Waals surface area contributed by atoms with Gasteiger partial charge in [-0.15, -0.1) is 0 Å². The first-order valence-corrected chi connectivity index (χ1v) is 5.84. The number of nitrogens with one attached hydrogen (secondary N) is 1. The minimum Gasteiger partial charge on any atom is -0.380 e. The van der Waals surface area contributed by atoms with E-state index in [0.29, 0.717) is 5.56 Å². The number of amidine groups is 1. The summed E-state index contributed by atoms with van der Waals surface area (Å²) in [6, 6.07) is 8.78. The Morgan fingerprint density at radius 3 is 2.71 bits per heavy atom. The van der Waals surface area contributed by atoms with Gasteiger partial charge < -0.3 is 10.6 Å². The van der Waals surface area contributed by atoms with Gasteiger partial charge in [-0.25, -0.2) is 9.78 Å². The van der Waals surface area contributed by atoms with E-state index in [9.17, 15) is 14.9 Å². The number of nitrogens with zero attached hydrogens (tertiary/aromatic N) is 2. The molecule has 0 unspecified atom stereocenters. The number of aromatic nitrogens is 1. The molecule has 1 heterocycles. The highest BCUT2D eigenvalue weighted by molar-refractivity contribution is 5.98. The highest BCUT2D eigenvalue weighted by atomic mass is 16.7. The van der Waals surface area contributed by atoms with E-state index in [1.165, 1.54) is 24.3 Å². The quantitative estimate of drug-likeness (QED) is 0.294. The van der Waals surface area contributed by atoms with E-state index in [2.05, 4.69) is 15.0 Å². The maximum Gasteiger partial charge on any atom is 0.372 e. The van der Waals surface area contributed by atoms with Crippen LogP contribution in [0.5, 0.6) is 0 Å². The maximum absolute atomic E-state index is 11.8. The van der Waals surface area contributed by atoms with E-state index in [1.807, 2.05) is 0 Å². The lowest BCUT2D eigenvalue weighted by atomic mass is 10.2. The van der Waals surface area contributed by atoms with Crippen molar-refractivity contribution in [2.75, 3.05) is 0 Å². The molecule has 0 atom stereocenters. The van der Waals surface area contributed by atoms with Gasteiger partial charge in [0, 0.05) is 12.1 Å². The summed E-state index contributed by atoms with van der Waals surface area (Å²) in [5.41, 5.74) is 5.61. The summed E-state index contributed by atoms with van der Waals surface area (Å²) in [7, 11) is 0. The fourth-order valence-corrected chi connectivity index (χ4v) is 1.55. The molecule has 0 aliphatic heterocycles. The Morgan fingerprint density at radius 2 is 2.05 bits per heavy atom. The zero-order chi connectivity index (χ0) is 15.2. The number of pyridine rings is 1. The summed E-state index contributed by atoms with van der Waals surface area (Å²) in [5, 5.41) is 14.3. The van der Waals surface area contributed by atoms with Crippen molar-refractivity contribution in [3.05, 3.63) is 70.0 Å². The zero-order valence-corrected chi connectivity index (χ0v) is 10.7. The third-order valence-electron chi connectivity index (χ3n) is 2.55. The Bertz CT molecular complexity index is 700. The van der Waals surface area contributed by atoms with Gasteiger partial charge in [0.1, 0.15) is 5.56 Å². The molecule has 2 aromatic rings. The topological polar surface area (TPSA) is 122 Å². The lowest BCUT2D eigenvalue weighted by Crippen LogP contribution is -2.18. The van der Waals surface area contributed by atoms with Crippen molar-refractivity contribution >= 4 is 17.5 Å². The number of hydrogen-bond acceptors (Lipinski definition) is 5. The number of nitro benzene ring substituents is 1. The van der Waals surface area contributed by atoms with E-state index in [-0.39, 0.29) is 17.1 Å². The van der Waals surface area contributed by atoms with Crippen LogP contribution >= 0.6 is 0 Å². The van der Waals surface area contributed by atoms with E-state index < -0.39 is 10.9 Å². The highest BCUT2D eigenvalue weighted by Crippen LogP contribution is 2.18. The molecule has 106 valence electrons. The van der Waals surface area contributed by atoms with Gasteiger partial charge >= 0.3 is 5.97 Å². The molecule has 21 heavy (non-hydrogen) atoms. The smallest absolute Gasteiger partial charge is 0.372 e. The molecule has 0 aliphatic carbocycles. The molecule has 8 nitrogen and oxygen atoms in total.